The van der Waals surface area contributed by atoms with E-state index < -0.39 is 14.9 Å². The van der Waals surface area contributed by atoms with Crippen molar-refractivity contribution in [2.75, 3.05) is 0 Å². The zero-order valence-corrected chi connectivity index (χ0v) is 16.1. The van der Waals surface area contributed by atoms with Crippen LogP contribution in [0.3, 0.4) is 0 Å². The smallest absolute Gasteiger partial charge is 0.283 e. The van der Waals surface area contributed by atoms with Crippen LogP contribution >= 0.6 is 15.9 Å². The number of allylic oxidation sites excluding steroid dienone is 4. The Morgan fingerprint density at radius 1 is 1.28 bits per heavy atom. The van der Waals surface area contributed by atoms with E-state index >= 15 is 0 Å². The van der Waals surface area contributed by atoms with Crippen molar-refractivity contribution in [3.05, 3.63) is 56.1 Å². The Balaban J connectivity index is 2.63. The highest BCUT2D eigenvalue weighted by molar-refractivity contribution is 9.12. The molecular weight excluding hydrogens is 412 g/mol. The standard InChI is InChI=1S/C16H15BrN2O5S/c1-9(2)13-8-14(20)10(3)15(17)16(13)18-25(23,24)12-6-4-5-11(7-12)19(21)22/h4-9H,1-3H3. The van der Waals surface area contributed by atoms with Gasteiger partial charge >= 0.3 is 0 Å². The molecule has 0 saturated carbocycles. The summed E-state index contributed by atoms with van der Waals surface area (Å²) in [5, 5.41) is 10.9. The average molecular weight is 427 g/mol. The molecule has 0 saturated heterocycles. The Kier molecular flexibility index (Phi) is 5.38. The number of rotatable bonds is 4. The Labute approximate surface area is 153 Å². The molecule has 0 spiro atoms. The largest absolute Gasteiger partial charge is 0.290 e. The van der Waals surface area contributed by atoms with Crippen LogP contribution in [0.1, 0.15) is 20.8 Å². The fourth-order valence-corrected chi connectivity index (χ4v) is 3.89. The molecule has 0 unspecified atom stereocenters. The summed E-state index contributed by atoms with van der Waals surface area (Å²) in [6.45, 7) is 5.20. The van der Waals surface area contributed by atoms with E-state index in [9.17, 15) is 23.3 Å². The van der Waals surface area contributed by atoms with Crippen LogP contribution in [-0.4, -0.2) is 24.8 Å². The van der Waals surface area contributed by atoms with Crippen LogP contribution in [0.4, 0.5) is 5.69 Å². The predicted octanol–water partition coefficient (Wildman–Crippen LogP) is 3.56. The Hall–Kier alpha value is -2.13. The molecule has 2 rings (SSSR count). The molecule has 0 atom stereocenters. The van der Waals surface area contributed by atoms with Crippen molar-refractivity contribution in [1.29, 1.82) is 0 Å². The molecule has 9 heteroatoms. The number of hydrogen-bond acceptors (Lipinski definition) is 5. The number of carbonyl (C=O) groups is 1. The highest BCUT2D eigenvalue weighted by atomic mass is 79.9. The van der Waals surface area contributed by atoms with Crippen LogP contribution < -0.4 is 0 Å². The first-order valence-corrected chi connectivity index (χ1v) is 9.50. The maximum Gasteiger partial charge on any atom is 0.283 e. The van der Waals surface area contributed by atoms with Crippen LogP contribution in [-0.2, 0) is 14.8 Å². The molecule has 0 fully saturated rings. The Morgan fingerprint density at radius 3 is 2.48 bits per heavy atom. The average Bonchev–Trinajstić information content (AvgIpc) is 2.55. The first-order valence-electron chi connectivity index (χ1n) is 7.27. The summed E-state index contributed by atoms with van der Waals surface area (Å²) in [6, 6.07) is 4.68. The number of nitro benzene ring substituents is 1. The summed E-state index contributed by atoms with van der Waals surface area (Å²) in [7, 11) is -4.19. The second kappa shape index (κ2) is 7.01. The second-order valence-electron chi connectivity index (χ2n) is 5.73. The molecule has 0 aromatic heterocycles. The third-order valence-electron chi connectivity index (χ3n) is 3.63. The highest BCUT2D eigenvalue weighted by Crippen LogP contribution is 2.30. The molecule has 1 aliphatic rings. The lowest BCUT2D eigenvalue weighted by atomic mass is 9.90. The van der Waals surface area contributed by atoms with Crippen LogP contribution in [0.25, 0.3) is 0 Å². The number of nitro groups is 1. The lowest BCUT2D eigenvalue weighted by Gasteiger charge is -2.19. The number of hydrogen-bond donors (Lipinski definition) is 0. The van der Waals surface area contributed by atoms with Crippen LogP contribution in [0.5, 0.6) is 0 Å². The van der Waals surface area contributed by atoms with E-state index in [4.69, 9.17) is 0 Å². The van der Waals surface area contributed by atoms with E-state index in [1.807, 2.05) is 13.8 Å². The molecule has 25 heavy (non-hydrogen) atoms. The number of nitrogens with zero attached hydrogens (tertiary/aromatic N) is 2. The molecule has 0 amide bonds. The van der Waals surface area contributed by atoms with Gasteiger partial charge in [0, 0.05) is 17.7 Å². The number of carbonyl (C=O) groups excluding carboxylic acids is 1. The number of halogens is 1. The van der Waals surface area contributed by atoms with E-state index in [0.29, 0.717) is 15.6 Å². The monoisotopic (exact) mass is 426 g/mol. The predicted molar refractivity (Wildman–Crippen MR) is 97.3 cm³/mol. The van der Waals surface area contributed by atoms with Crippen molar-refractivity contribution in [2.24, 2.45) is 10.3 Å². The van der Waals surface area contributed by atoms with Gasteiger partial charge in [0.05, 0.1) is 20.0 Å². The minimum atomic E-state index is -4.19. The molecule has 7 nitrogen and oxygen atoms in total. The Morgan fingerprint density at radius 2 is 1.92 bits per heavy atom. The van der Waals surface area contributed by atoms with Gasteiger partial charge in [-0.1, -0.05) is 19.9 Å². The highest BCUT2D eigenvalue weighted by Gasteiger charge is 2.27. The van der Waals surface area contributed by atoms with Crippen molar-refractivity contribution in [3.8, 4) is 0 Å². The summed E-state index contributed by atoms with van der Waals surface area (Å²) in [5.74, 6) is -0.356. The van der Waals surface area contributed by atoms with Crippen LogP contribution in [0, 0.1) is 16.0 Å². The van der Waals surface area contributed by atoms with Gasteiger partial charge in [0.2, 0.25) is 0 Å². The normalized spacial score (nSPS) is 17.2. The SMILES string of the molecule is CC1=C(Br)C(=NS(=O)(=O)c2cccc([N+](=O)[O-])c2)C(C(C)C)=CC1=O. The van der Waals surface area contributed by atoms with Gasteiger partial charge in [-0.2, -0.15) is 12.8 Å². The second-order valence-corrected chi connectivity index (χ2v) is 8.12. The van der Waals surface area contributed by atoms with Crippen LogP contribution in [0.2, 0.25) is 0 Å². The third-order valence-corrected chi connectivity index (χ3v) is 5.87. The molecule has 0 heterocycles. The molecule has 1 aliphatic carbocycles. The minimum Gasteiger partial charge on any atom is -0.290 e. The van der Waals surface area contributed by atoms with Gasteiger partial charge in [0.15, 0.2) is 5.78 Å². The molecule has 0 bridgehead atoms. The number of benzene rings is 1. The van der Waals surface area contributed by atoms with E-state index in [1.54, 1.807) is 6.92 Å². The van der Waals surface area contributed by atoms with E-state index in [0.717, 1.165) is 6.07 Å². The summed E-state index contributed by atoms with van der Waals surface area (Å²) in [4.78, 5) is 21.9. The first kappa shape index (κ1) is 19.2. The van der Waals surface area contributed by atoms with Gasteiger partial charge < -0.3 is 0 Å². The van der Waals surface area contributed by atoms with Gasteiger partial charge in [0.1, 0.15) is 0 Å². The minimum absolute atomic E-state index is 0.136. The van der Waals surface area contributed by atoms with Crippen molar-refractivity contribution in [1.82, 2.24) is 0 Å². The molecule has 0 aliphatic heterocycles. The van der Waals surface area contributed by atoms with Gasteiger partial charge in [0.25, 0.3) is 15.7 Å². The molecule has 132 valence electrons. The van der Waals surface area contributed by atoms with Gasteiger partial charge in [-0.15, -0.1) is 0 Å². The van der Waals surface area contributed by atoms with E-state index in [2.05, 4.69) is 20.3 Å². The lowest BCUT2D eigenvalue weighted by molar-refractivity contribution is -0.385. The van der Waals surface area contributed by atoms with E-state index in [-0.39, 0.29) is 28.0 Å². The summed E-state index contributed by atoms with van der Waals surface area (Å²) in [5.41, 5.74) is 0.623. The molecule has 0 N–H and O–H groups in total. The fraction of sp³-hybridized carbons (Fsp3) is 0.250. The molecule has 1 aromatic rings. The van der Waals surface area contributed by atoms with E-state index in [1.165, 1.54) is 24.3 Å². The number of ketones is 1. The quantitative estimate of drug-likeness (QED) is 0.415. The zero-order valence-electron chi connectivity index (χ0n) is 13.7. The summed E-state index contributed by atoms with van der Waals surface area (Å²) in [6.07, 6.45) is 1.37. The maximum atomic E-state index is 12.6. The molecule has 1 aromatic carbocycles. The number of sulfonamides is 1. The summed E-state index contributed by atoms with van der Waals surface area (Å²) >= 11 is 3.25. The fourth-order valence-electron chi connectivity index (χ4n) is 2.19. The van der Waals surface area contributed by atoms with Gasteiger partial charge in [-0.25, -0.2) is 0 Å². The van der Waals surface area contributed by atoms with Crippen molar-refractivity contribution in [3.63, 3.8) is 0 Å². The van der Waals surface area contributed by atoms with Crippen LogP contribution in [0.15, 0.2) is 55.3 Å². The zero-order chi connectivity index (χ0) is 18.9. The molecular formula is C16H15BrN2O5S. The third kappa shape index (κ3) is 3.93. The number of non-ortho nitro benzene ring substituents is 1. The van der Waals surface area contributed by atoms with Gasteiger partial charge in [-0.3, -0.25) is 14.9 Å². The lowest BCUT2D eigenvalue weighted by Crippen LogP contribution is -2.20. The Bertz CT molecular complexity index is 958. The topological polar surface area (TPSA) is 107 Å². The van der Waals surface area contributed by atoms with Crippen molar-refractivity contribution >= 4 is 43.1 Å². The van der Waals surface area contributed by atoms with Gasteiger partial charge in [-0.05, 0) is 46.5 Å². The molecule has 0 radical (unpaired) electrons. The first-order chi connectivity index (χ1) is 11.5. The van der Waals surface area contributed by atoms with Crippen molar-refractivity contribution in [2.45, 2.75) is 25.7 Å². The van der Waals surface area contributed by atoms with Crippen molar-refractivity contribution < 1.29 is 18.1 Å². The summed E-state index contributed by atoms with van der Waals surface area (Å²) < 4.78 is 29.4. The maximum absolute atomic E-state index is 12.6.